The molecule has 4 aliphatic rings. The maximum atomic E-state index is 15.8. The predicted octanol–water partition coefficient (Wildman–Crippen LogP) is 11.3. The van der Waals surface area contributed by atoms with Gasteiger partial charge in [-0.05, 0) is 120 Å². The fraction of sp³-hybridized carbons (Fsp3) is 0.607. The van der Waals surface area contributed by atoms with Crippen molar-refractivity contribution in [3.63, 3.8) is 0 Å². The van der Waals surface area contributed by atoms with Crippen molar-refractivity contribution in [2.45, 2.75) is 176 Å². The third-order valence-electron chi connectivity index (χ3n) is 16.6. The van der Waals surface area contributed by atoms with Gasteiger partial charge in [0.05, 0.1) is 39.9 Å². The SMILES string of the molecule is CC/C=C1/CN(c2cc(F)c(CN3CCC(C)(C)CC3)cc2F)CC2(CCN(c3cc(NCCCCCCCC(=O)NC(C)C(C)(C)C)ncn3)CC2)N1.Cc1ncsc1-c1ccc(C(C)NC(=O)C2CCCN2C=O)cc1. The van der Waals surface area contributed by atoms with Gasteiger partial charge in [0.25, 0.3) is 0 Å². The monoisotopic (exact) mass is 1090 g/mol. The molecule has 8 rings (SSSR count). The second-order valence-electron chi connectivity index (χ2n) is 24.2. The van der Waals surface area contributed by atoms with Crippen LogP contribution in [0.3, 0.4) is 0 Å². The van der Waals surface area contributed by atoms with Crippen molar-refractivity contribution in [3.05, 3.63) is 94.5 Å². The number of anilines is 3. The first-order valence-electron chi connectivity index (χ1n) is 28.8. The van der Waals surface area contributed by atoms with E-state index in [1.807, 2.05) is 42.5 Å². The van der Waals surface area contributed by atoms with Gasteiger partial charge >= 0.3 is 0 Å². The smallest absolute Gasteiger partial charge is 0.243 e. The van der Waals surface area contributed by atoms with Crippen LogP contribution < -0.4 is 31.1 Å². The maximum Gasteiger partial charge on any atom is 0.243 e. The highest BCUT2D eigenvalue weighted by Crippen LogP contribution is 2.36. The molecule has 4 saturated heterocycles. The molecule has 6 heterocycles. The number of aryl methyl sites for hydroxylation is 1. The van der Waals surface area contributed by atoms with Crippen LogP contribution in [0.4, 0.5) is 26.1 Å². The summed E-state index contributed by atoms with van der Waals surface area (Å²) in [5, 5.41) is 13.5. The van der Waals surface area contributed by atoms with Gasteiger partial charge in [0.2, 0.25) is 18.2 Å². The molecule has 4 N–H and O–H groups in total. The first kappa shape index (κ1) is 60.0. The molecule has 3 amide bonds. The van der Waals surface area contributed by atoms with Crippen LogP contribution in [0, 0.1) is 29.4 Å². The molecule has 1 spiro atoms. The van der Waals surface area contributed by atoms with Gasteiger partial charge < -0.3 is 36.0 Å². The zero-order valence-electron chi connectivity index (χ0n) is 48.2. The quantitative estimate of drug-likeness (QED) is 0.0495. The molecule has 17 heteroatoms. The molecule has 14 nitrogen and oxygen atoms in total. The first-order chi connectivity index (χ1) is 37.2. The Labute approximate surface area is 468 Å². The lowest BCUT2D eigenvalue weighted by Crippen LogP contribution is -2.63. The molecule has 4 aliphatic heterocycles. The number of likely N-dealkylation sites (tertiary alicyclic amines) is 2. The third kappa shape index (κ3) is 16.7. The molecule has 426 valence electrons. The van der Waals surface area contributed by atoms with E-state index in [2.05, 4.69) is 113 Å². The number of rotatable bonds is 20. The second kappa shape index (κ2) is 27.5. The number of hydrogen-bond donors (Lipinski definition) is 4. The number of amides is 3. The Kier molecular flexibility index (Phi) is 21.1. The number of allylic oxidation sites excluding steroid dienone is 1. The summed E-state index contributed by atoms with van der Waals surface area (Å²) in [6.07, 6.45) is 16.7. The fourth-order valence-electron chi connectivity index (χ4n) is 10.9. The summed E-state index contributed by atoms with van der Waals surface area (Å²) in [7, 11) is 0. The molecule has 2 aromatic heterocycles. The summed E-state index contributed by atoms with van der Waals surface area (Å²) >= 11 is 1.63. The summed E-state index contributed by atoms with van der Waals surface area (Å²) in [5.41, 5.74) is 7.06. The zero-order chi connectivity index (χ0) is 56.0. The molecular formula is C61H89F2N11O3S. The molecule has 78 heavy (non-hydrogen) atoms. The molecule has 3 atom stereocenters. The highest BCUT2D eigenvalue weighted by atomic mass is 32.1. The van der Waals surface area contributed by atoms with E-state index in [4.69, 9.17) is 0 Å². The van der Waals surface area contributed by atoms with Gasteiger partial charge in [0.1, 0.15) is 35.6 Å². The number of piperidine rings is 2. The minimum Gasteiger partial charge on any atom is -0.380 e. The lowest BCUT2D eigenvalue weighted by Gasteiger charge is -2.50. The Morgan fingerprint density at radius 3 is 2.28 bits per heavy atom. The number of piperazine rings is 1. The summed E-state index contributed by atoms with van der Waals surface area (Å²) in [4.78, 5) is 58.3. The van der Waals surface area contributed by atoms with E-state index < -0.39 is 0 Å². The number of halogens is 2. The maximum absolute atomic E-state index is 15.8. The Morgan fingerprint density at radius 1 is 0.885 bits per heavy atom. The largest absolute Gasteiger partial charge is 0.380 e. The number of carbonyl (C=O) groups excluding carboxylic acids is 3. The van der Waals surface area contributed by atoms with Gasteiger partial charge in [-0.25, -0.2) is 23.7 Å². The Balaban J connectivity index is 0.000000304. The molecule has 0 bridgehead atoms. The minimum atomic E-state index is -0.346. The molecule has 2 aromatic carbocycles. The van der Waals surface area contributed by atoms with Crippen LogP contribution in [-0.4, -0.2) is 113 Å². The van der Waals surface area contributed by atoms with E-state index >= 15 is 8.78 Å². The first-order valence-corrected chi connectivity index (χ1v) is 29.7. The zero-order valence-corrected chi connectivity index (χ0v) is 49.0. The van der Waals surface area contributed by atoms with E-state index in [0.717, 1.165) is 150 Å². The lowest BCUT2D eigenvalue weighted by molar-refractivity contribution is -0.131. The van der Waals surface area contributed by atoms with Crippen LogP contribution in [0.5, 0.6) is 0 Å². The normalized spacial score (nSPS) is 19.7. The molecule has 3 unspecified atom stereocenters. The van der Waals surface area contributed by atoms with E-state index in [-0.39, 0.29) is 52.5 Å². The molecular weight excluding hydrogens is 1000 g/mol. The van der Waals surface area contributed by atoms with Crippen molar-refractivity contribution in [1.29, 1.82) is 0 Å². The van der Waals surface area contributed by atoms with Crippen LogP contribution >= 0.6 is 11.3 Å². The van der Waals surface area contributed by atoms with Gasteiger partial charge in [-0.15, -0.1) is 11.3 Å². The summed E-state index contributed by atoms with van der Waals surface area (Å²) < 4.78 is 31.4. The lowest BCUT2D eigenvalue weighted by atomic mass is 9.82. The standard InChI is InChI=1S/C43H68F2N8O.C18H21N3O2S/c1-8-14-34-29-53(37-26-35(44)33(25-36(37)45)28-51-21-16-42(6,7)17-22-51)30-43(50-34)18-23-52(24-19-43)39-27-38(47-31-48-39)46-20-13-11-9-10-12-15-40(54)49-32(2)41(3,4)5;1-12(20-18(23)16-4-3-9-21(16)11-22)14-5-7-15(8-6-14)17-13(2)19-10-24-17/h14,25-27,31-32,50H,8-13,15-24,28-30H2,1-7H3,(H,49,54)(H,46,47,48);5-8,10-12,16H,3-4,9H2,1-2H3,(H,20,23)/b34-14-;. The highest BCUT2D eigenvalue weighted by molar-refractivity contribution is 7.13. The molecule has 0 radical (unpaired) electrons. The number of carbonyl (C=O) groups is 3. The number of nitrogens with one attached hydrogen (secondary N) is 4. The Hall–Kier alpha value is -5.68. The molecule has 0 aliphatic carbocycles. The van der Waals surface area contributed by atoms with E-state index in [0.29, 0.717) is 49.3 Å². The van der Waals surface area contributed by atoms with E-state index in [9.17, 15) is 14.4 Å². The predicted molar refractivity (Wildman–Crippen MR) is 312 cm³/mol. The van der Waals surface area contributed by atoms with E-state index in [1.54, 1.807) is 22.6 Å². The topological polar surface area (TPSA) is 151 Å². The van der Waals surface area contributed by atoms with Gasteiger partial charge in [-0.3, -0.25) is 19.3 Å². The summed E-state index contributed by atoms with van der Waals surface area (Å²) in [6.45, 7) is 25.7. The van der Waals surface area contributed by atoms with Crippen molar-refractivity contribution >= 4 is 46.9 Å². The second-order valence-corrected chi connectivity index (χ2v) is 25.1. The highest BCUT2D eigenvalue weighted by Gasteiger charge is 2.41. The van der Waals surface area contributed by atoms with Gasteiger partial charge in [-0.1, -0.05) is 91.1 Å². The molecule has 4 aromatic rings. The Morgan fingerprint density at radius 2 is 1.60 bits per heavy atom. The van der Waals surface area contributed by atoms with Crippen LogP contribution in [0.1, 0.15) is 162 Å². The van der Waals surface area contributed by atoms with Gasteiger partial charge in [0.15, 0.2) is 0 Å². The van der Waals surface area contributed by atoms with Gasteiger partial charge in [0, 0.05) is 75.1 Å². The van der Waals surface area contributed by atoms with Crippen molar-refractivity contribution < 1.29 is 23.2 Å². The molecule has 0 saturated carbocycles. The summed E-state index contributed by atoms with van der Waals surface area (Å²) in [5.74, 6) is 1.13. The van der Waals surface area contributed by atoms with Crippen molar-refractivity contribution in [1.82, 2.24) is 40.7 Å². The number of unbranched alkanes of at least 4 members (excludes halogenated alkanes) is 4. The average Bonchev–Trinajstić information content (AvgIpc) is 4.17. The van der Waals surface area contributed by atoms with Crippen molar-refractivity contribution in [2.24, 2.45) is 10.8 Å². The van der Waals surface area contributed by atoms with Crippen LogP contribution in [-0.2, 0) is 20.9 Å². The molecule has 4 fully saturated rings. The number of hydrogen-bond acceptors (Lipinski definition) is 12. The van der Waals surface area contributed by atoms with Gasteiger partial charge in [-0.2, -0.15) is 0 Å². The van der Waals surface area contributed by atoms with Crippen molar-refractivity contribution in [2.75, 3.05) is 67.5 Å². The number of benzene rings is 2. The number of thiazole rings is 1. The van der Waals surface area contributed by atoms with Crippen LogP contribution in [0.2, 0.25) is 0 Å². The van der Waals surface area contributed by atoms with Crippen LogP contribution in [0.25, 0.3) is 10.4 Å². The van der Waals surface area contributed by atoms with Crippen LogP contribution in [0.15, 0.2) is 66.1 Å². The fourth-order valence-corrected chi connectivity index (χ4v) is 11.7. The average molecular weight is 1090 g/mol. The number of aromatic nitrogens is 3. The third-order valence-corrected chi connectivity index (χ3v) is 17.5. The summed E-state index contributed by atoms with van der Waals surface area (Å²) in [6, 6.07) is 12.8. The van der Waals surface area contributed by atoms with Crippen molar-refractivity contribution in [3.8, 4) is 10.4 Å². The minimum absolute atomic E-state index is 0.0700. The van der Waals surface area contributed by atoms with E-state index in [1.165, 1.54) is 17.0 Å². The number of nitrogens with zero attached hydrogens (tertiary/aromatic N) is 7. The Bertz CT molecular complexity index is 2620.